The number of halogens is 1. The van der Waals surface area contributed by atoms with E-state index in [1.807, 2.05) is 48.5 Å². The molecule has 0 unspecified atom stereocenters. The van der Waals surface area contributed by atoms with Gasteiger partial charge in [-0.25, -0.2) is 0 Å². The molecule has 1 spiro atoms. The van der Waals surface area contributed by atoms with Crippen LogP contribution in [-0.2, 0) is 16.0 Å². The summed E-state index contributed by atoms with van der Waals surface area (Å²) in [7, 11) is 0. The first kappa shape index (κ1) is 18.3. The van der Waals surface area contributed by atoms with Crippen LogP contribution in [0.4, 0.5) is 0 Å². The van der Waals surface area contributed by atoms with E-state index >= 15 is 0 Å². The molecule has 0 saturated carbocycles. The van der Waals surface area contributed by atoms with Crippen LogP contribution in [0.15, 0.2) is 64.3 Å². The largest absolute Gasteiger partial charge is 0.478 e. The number of hydrogen-bond acceptors (Lipinski definition) is 5. The highest BCUT2D eigenvalue weighted by Gasteiger charge is 2.67. The average molecular weight is 453 g/mol. The number of benzene rings is 2. The molecular formula is C23H17BrO5. The van der Waals surface area contributed by atoms with Crippen molar-refractivity contribution in [3.63, 3.8) is 0 Å². The maximum absolute atomic E-state index is 13.4. The molecule has 2 aromatic rings. The molecule has 0 bridgehead atoms. The highest BCUT2D eigenvalue weighted by atomic mass is 79.9. The Bertz CT molecular complexity index is 1120. The van der Waals surface area contributed by atoms with Gasteiger partial charge in [-0.05, 0) is 46.6 Å². The number of fused-ring (bicyclic) bond motifs is 4. The molecule has 1 N–H and O–H groups in total. The van der Waals surface area contributed by atoms with Gasteiger partial charge in [0.25, 0.3) is 0 Å². The normalized spacial score (nSPS) is 26.9. The van der Waals surface area contributed by atoms with Crippen molar-refractivity contribution >= 4 is 33.6 Å². The number of hydrogen-bond donors (Lipinski definition) is 1. The molecular weight excluding hydrogens is 436 g/mol. The third kappa shape index (κ3) is 2.42. The number of carbonyl (C=O) groups is 2. The van der Waals surface area contributed by atoms with Gasteiger partial charge in [0, 0.05) is 24.0 Å². The van der Waals surface area contributed by atoms with Crippen LogP contribution < -0.4 is 9.47 Å². The van der Waals surface area contributed by atoms with Gasteiger partial charge < -0.3 is 14.6 Å². The maximum Gasteiger partial charge on any atom is 0.210 e. The molecule has 0 amide bonds. The summed E-state index contributed by atoms with van der Waals surface area (Å²) in [4.78, 5) is 25.5. The molecule has 0 aromatic heterocycles. The highest BCUT2D eigenvalue weighted by molar-refractivity contribution is 9.12. The lowest BCUT2D eigenvalue weighted by Crippen LogP contribution is -2.66. The predicted molar refractivity (Wildman–Crippen MR) is 110 cm³/mol. The zero-order valence-electron chi connectivity index (χ0n) is 15.6. The summed E-state index contributed by atoms with van der Waals surface area (Å²) in [6.07, 6.45) is 1.76. The van der Waals surface area contributed by atoms with Gasteiger partial charge in [0.15, 0.2) is 17.0 Å². The molecule has 146 valence electrons. The van der Waals surface area contributed by atoms with E-state index in [1.165, 1.54) is 6.92 Å². The van der Waals surface area contributed by atoms with E-state index in [9.17, 15) is 14.7 Å². The summed E-state index contributed by atoms with van der Waals surface area (Å²) in [5, 5.41) is 11.7. The molecule has 0 fully saturated rings. The van der Waals surface area contributed by atoms with Crippen molar-refractivity contribution in [1.29, 1.82) is 0 Å². The van der Waals surface area contributed by atoms with Crippen molar-refractivity contribution in [2.45, 2.75) is 31.0 Å². The summed E-state index contributed by atoms with van der Waals surface area (Å²) in [5.74, 6) is 0.584. The molecule has 2 heterocycles. The van der Waals surface area contributed by atoms with Crippen LogP contribution in [0.1, 0.15) is 24.5 Å². The van der Waals surface area contributed by atoms with E-state index in [2.05, 4.69) is 15.9 Å². The first-order chi connectivity index (χ1) is 13.9. The van der Waals surface area contributed by atoms with Crippen molar-refractivity contribution in [3.8, 4) is 11.5 Å². The fraction of sp³-hybridized carbons (Fsp3) is 0.217. The molecule has 2 aromatic carbocycles. The smallest absolute Gasteiger partial charge is 0.210 e. The molecule has 6 heteroatoms. The minimum Gasteiger partial charge on any atom is -0.478 e. The van der Waals surface area contributed by atoms with Gasteiger partial charge in [-0.15, -0.1) is 0 Å². The van der Waals surface area contributed by atoms with Crippen molar-refractivity contribution < 1.29 is 24.2 Å². The topological polar surface area (TPSA) is 72.8 Å². The van der Waals surface area contributed by atoms with Gasteiger partial charge in [0.2, 0.25) is 5.78 Å². The summed E-state index contributed by atoms with van der Waals surface area (Å²) < 4.78 is 12.5. The molecule has 3 aliphatic rings. The standard InChI is InChI=1S/C23H17BrO5/c1-13(25)11-22(27)21(26)19(24)20-16(10-14-6-2-4-8-17(14)28-20)23(22)12-15-7-3-5-9-18(15)29-23/h2-10,27H,11-12H2,1H3/t22-,23+/m1/s1. The first-order valence-electron chi connectivity index (χ1n) is 9.28. The molecule has 5 rings (SSSR count). The predicted octanol–water partition coefficient (Wildman–Crippen LogP) is 3.74. The maximum atomic E-state index is 13.4. The monoisotopic (exact) mass is 452 g/mol. The summed E-state index contributed by atoms with van der Waals surface area (Å²) in [5.41, 5.74) is -1.31. The number of carbonyl (C=O) groups excluding carboxylic acids is 2. The van der Waals surface area contributed by atoms with Crippen molar-refractivity contribution in [1.82, 2.24) is 0 Å². The van der Waals surface area contributed by atoms with Gasteiger partial charge in [0.05, 0.1) is 0 Å². The SMILES string of the molecule is CC(=O)C[C@@]1(O)C(=O)C(Br)=C2Oc3ccccc3C=C2[C@@]12Cc1ccccc1O2. The number of aliphatic hydroxyl groups is 1. The Morgan fingerprint density at radius 1 is 1.14 bits per heavy atom. The summed E-state index contributed by atoms with van der Waals surface area (Å²) in [6, 6.07) is 14.8. The van der Waals surface area contributed by atoms with Gasteiger partial charge >= 0.3 is 0 Å². The van der Waals surface area contributed by atoms with Crippen molar-refractivity contribution in [2.75, 3.05) is 0 Å². The Hall–Kier alpha value is -2.70. The van der Waals surface area contributed by atoms with Gasteiger partial charge in [-0.2, -0.15) is 0 Å². The van der Waals surface area contributed by atoms with Crippen LogP contribution in [-0.4, -0.2) is 27.9 Å². The summed E-state index contributed by atoms with van der Waals surface area (Å²) in [6.45, 7) is 1.36. The number of Topliss-reactive ketones (excluding diaryl/α,β-unsaturated/α-hetero) is 2. The molecule has 2 atom stereocenters. The molecule has 5 nitrogen and oxygen atoms in total. The molecule has 0 radical (unpaired) electrons. The van der Waals surface area contributed by atoms with Gasteiger partial charge in [0.1, 0.15) is 21.8 Å². The Balaban J connectivity index is 1.80. The molecule has 1 aliphatic carbocycles. The third-order valence-electron chi connectivity index (χ3n) is 5.75. The Kier molecular flexibility index (Phi) is 3.89. The van der Waals surface area contributed by atoms with E-state index < -0.39 is 17.0 Å². The summed E-state index contributed by atoms with van der Waals surface area (Å²) >= 11 is 3.32. The lowest BCUT2D eigenvalue weighted by Gasteiger charge is -2.48. The van der Waals surface area contributed by atoms with E-state index in [1.54, 1.807) is 6.07 Å². The molecule has 29 heavy (non-hydrogen) atoms. The zero-order valence-corrected chi connectivity index (χ0v) is 17.2. The van der Waals surface area contributed by atoms with E-state index in [-0.39, 0.29) is 23.1 Å². The second-order valence-corrected chi connectivity index (χ2v) is 8.42. The van der Waals surface area contributed by atoms with Crippen molar-refractivity contribution in [2.24, 2.45) is 0 Å². The van der Waals surface area contributed by atoms with Crippen LogP contribution in [0.5, 0.6) is 11.5 Å². The first-order valence-corrected chi connectivity index (χ1v) is 10.1. The van der Waals surface area contributed by atoms with Crippen LogP contribution in [0.25, 0.3) is 6.08 Å². The number of ether oxygens (including phenoxy) is 2. The lowest BCUT2D eigenvalue weighted by atomic mass is 9.65. The van der Waals surface area contributed by atoms with Gasteiger partial charge in [-0.1, -0.05) is 36.4 Å². The zero-order chi connectivity index (χ0) is 20.4. The van der Waals surface area contributed by atoms with E-state index in [0.717, 1.165) is 11.1 Å². The molecule has 0 saturated heterocycles. The second kappa shape index (κ2) is 6.15. The number of ketones is 2. The van der Waals surface area contributed by atoms with E-state index in [0.29, 0.717) is 22.8 Å². The fourth-order valence-electron chi connectivity index (χ4n) is 4.44. The van der Waals surface area contributed by atoms with E-state index in [4.69, 9.17) is 9.47 Å². The Morgan fingerprint density at radius 2 is 1.83 bits per heavy atom. The fourth-order valence-corrected chi connectivity index (χ4v) is 5.06. The third-order valence-corrected chi connectivity index (χ3v) is 6.47. The second-order valence-electron chi connectivity index (χ2n) is 7.62. The Morgan fingerprint density at radius 3 is 2.55 bits per heavy atom. The quantitative estimate of drug-likeness (QED) is 0.751. The van der Waals surface area contributed by atoms with Crippen LogP contribution in [0.2, 0.25) is 0 Å². The van der Waals surface area contributed by atoms with Crippen molar-refractivity contribution in [3.05, 3.63) is 75.5 Å². The minimum atomic E-state index is -2.07. The number of rotatable bonds is 2. The van der Waals surface area contributed by atoms with Gasteiger partial charge in [-0.3, -0.25) is 9.59 Å². The Labute approximate surface area is 175 Å². The minimum absolute atomic E-state index is 0.104. The number of para-hydroxylation sites is 2. The highest BCUT2D eigenvalue weighted by Crippen LogP contribution is 2.55. The lowest BCUT2D eigenvalue weighted by molar-refractivity contribution is -0.160. The average Bonchev–Trinajstić information content (AvgIpc) is 3.11. The van der Waals surface area contributed by atoms with Crippen LogP contribution in [0, 0.1) is 0 Å². The van der Waals surface area contributed by atoms with Crippen LogP contribution >= 0.6 is 15.9 Å². The molecule has 2 aliphatic heterocycles. The van der Waals surface area contributed by atoms with Crippen LogP contribution in [0.3, 0.4) is 0 Å².